The molecule has 1 saturated carbocycles. The zero-order chi connectivity index (χ0) is 10.5. The number of nitrogens with zero attached hydrogens (tertiary/aromatic N) is 1. The van der Waals surface area contributed by atoms with Crippen LogP contribution in [0.15, 0.2) is 27.7 Å². The van der Waals surface area contributed by atoms with Gasteiger partial charge in [0.25, 0.3) is 0 Å². The highest BCUT2D eigenvalue weighted by Crippen LogP contribution is 2.58. The fourth-order valence-corrected chi connectivity index (χ4v) is 3.16. The van der Waals surface area contributed by atoms with Crippen LogP contribution in [0.25, 0.3) is 0 Å². The molecule has 0 N–H and O–H groups in total. The molecule has 2 aliphatic carbocycles. The van der Waals surface area contributed by atoms with Gasteiger partial charge in [0.05, 0.1) is 6.04 Å². The van der Waals surface area contributed by atoms with Crippen molar-refractivity contribution >= 4 is 22.0 Å². The highest BCUT2D eigenvalue weighted by Gasteiger charge is 2.58. The van der Waals surface area contributed by atoms with Gasteiger partial charge in [-0.3, -0.25) is 0 Å². The zero-order valence-electron chi connectivity index (χ0n) is 8.16. The lowest BCUT2D eigenvalue weighted by atomic mass is 9.98. The average Bonchev–Trinajstić information content (AvgIpc) is 2.79. The van der Waals surface area contributed by atoms with E-state index in [1.54, 1.807) is 6.08 Å². The van der Waals surface area contributed by atoms with Crippen LogP contribution in [0.1, 0.15) is 24.0 Å². The van der Waals surface area contributed by atoms with E-state index in [1.807, 2.05) is 0 Å². The van der Waals surface area contributed by atoms with E-state index in [2.05, 4.69) is 39.1 Å². The lowest BCUT2D eigenvalue weighted by Crippen LogP contribution is -2.06. The standard InChI is InChI=1S/C12H10BrNO/c13-9-2-1-8-3-4-12(10(8)5-9)6-11(12)14-7-15/h1-2,5,11H,3-4,6H2/t11-,12?/m0/s1. The first kappa shape index (κ1) is 9.32. The van der Waals surface area contributed by atoms with Gasteiger partial charge in [0.15, 0.2) is 0 Å². The number of halogens is 1. The molecule has 1 spiro atoms. The molecule has 0 bridgehead atoms. The largest absolute Gasteiger partial charge is 0.235 e. The summed E-state index contributed by atoms with van der Waals surface area (Å²) < 4.78 is 1.11. The Morgan fingerprint density at radius 1 is 1.53 bits per heavy atom. The number of rotatable bonds is 1. The molecule has 0 aliphatic heterocycles. The van der Waals surface area contributed by atoms with Crippen LogP contribution in [0.5, 0.6) is 0 Å². The minimum Gasteiger partial charge on any atom is -0.211 e. The second-order valence-corrected chi connectivity index (χ2v) is 5.31. The van der Waals surface area contributed by atoms with Gasteiger partial charge in [-0.2, -0.15) is 0 Å². The second kappa shape index (κ2) is 3.03. The smallest absolute Gasteiger partial charge is 0.211 e. The monoisotopic (exact) mass is 263 g/mol. The molecule has 15 heavy (non-hydrogen) atoms. The van der Waals surface area contributed by atoms with Crippen molar-refractivity contribution in [3.8, 4) is 0 Å². The Kier molecular flexibility index (Phi) is 1.88. The van der Waals surface area contributed by atoms with Crippen LogP contribution in [-0.4, -0.2) is 12.1 Å². The van der Waals surface area contributed by atoms with E-state index >= 15 is 0 Å². The molecule has 1 fully saturated rings. The summed E-state index contributed by atoms with van der Waals surface area (Å²) in [5.74, 6) is 0. The van der Waals surface area contributed by atoms with Gasteiger partial charge >= 0.3 is 0 Å². The van der Waals surface area contributed by atoms with Gasteiger partial charge in [-0.1, -0.05) is 22.0 Å². The van der Waals surface area contributed by atoms with E-state index in [1.165, 1.54) is 11.1 Å². The van der Waals surface area contributed by atoms with E-state index in [9.17, 15) is 4.79 Å². The summed E-state index contributed by atoms with van der Waals surface area (Å²) in [5.41, 5.74) is 2.99. The summed E-state index contributed by atoms with van der Waals surface area (Å²) in [7, 11) is 0. The minimum absolute atomic E-state index is 0.177. The fraction of sp³-hybridized carbons (Fsp3) is 0.417. The molecule has 3 rings (SSSR count). The molecule has 1 unspecified atom stereocenters. The van der Waals surface area contributed by atoms with Crippen LogP contribution in [0, 0.1) is 0 Å². The van der Waals surface area contributed by atoms with E-state index in [4.69, 9.17) is 0 Å². The Hall–Kier alpha value is -0.920. The molecular weight excluding hydrogens is 254 g/mol. The summed E-state index contributed by atoms with van der Waals surface area (Å²) in [5, 5.41) is 0. The highest BCUT2D eigenvalue weighted by molar-refractivity contribution is 9.10. The Morgan fingerprint density at radius 3 is 3.20 bits per heavy atom. The van der Waals surface area contributed by atoms with Crippen LogP contribution in [0.4, 0.5) is 0 Å². The van der Waals surface area contributed by atoms with E-state index in [-0.39, 0.29) is 11.5 Å². The van der Waals surface area contributed by atoms with E-state index in [0.29, 0.717) is 0 Å². The summed E-state index contributed by atoms with van der Waals surface area (Å²) in [6.45, 7) is 0. The SMILES string of the molecule is O=C=N[C@H]1CC12CCc1ccc(Br)cc12. The first-order valence-corrected chi connectivity index (χ1v) is 5.91. The Morgan fingerprint density at radius 2 is 2.40 bits per heavy atom. The van der Waals surface area contributed by atoms with Crippen molar-refractivity contribution < 1.29 is 4.79 Å². The number of hydrogen-bond donors (Lipinski definition) is 0. The second-order valence-electron chi connectivity index (χ2n) is 4.40. The molecule has 2 atom stereocenters. The molecule has 76 valence electrons. The third kappa shape index (κ3) is 1.23. The van der Waals surface area contributed by atoms with Gasteiger partial charge in [0, 0.05) is 9.89 Å². The Balaban J connectivity index is 2.06. The summed E-state index contributed by atoms with van der Waals surface area (Å²) in [4.78, 5) is 14.2. The van der Waals surface area contributed by atoms with Crippen LogP contribution in [-0.2, 0) is 16.6 Å². The molecular formula is C12H10BrNO. The lowest BCUT2D eigenvalue weighted by molar-refractivity contribution is 0.559. The number of benzene rings is 1. The van der Waals surface area contributed by atoms with Crippen molar-refractivity contribution in [2.75, 3.05) is 0 Å². The Labute approximate surface area is 96.5 Å². The van der Waals surface area contributed by atoms with Crippen molar-refractivity contribution in [2.45, 2.75) is 30.7 Å². The van der Waals surface area contributed by atoms with E-state index < -0.39 is 0 Å². The van der Waals surface area contributed by atoms with Gasteiger partial charge in [0.1, 0.15) is 0 Å². The van der Waals surface area contributed by atoms with Gasteiger partial charge in [-0.15, -0.1) is 0 Å². The molecule has 2 nitrogen and oxygen atoms in total. The number of aliphatic imine (C=N–C) groups is 1. The summed E-state index contributed by atoms with van der Waals surface area (Å²) >= 11 is 3.50. The normalized spacial score (nSPS) is 31.1. The molecule has 0 amide bonds. The zero-order valence-corrected chi connectivity index (χ0v) is 9.75. The van der Waals surface area contributed by atoms with Crippen molar-refractivity contribution in [1.29, 1.82) is 0 Å². The van der Waals surface area contributed by atoms with Gasteiger partial charge in [0.2, 0.25) is 6.08 Å². The number of fused-ring (bicyclic) bond motifs is 2. The first-order chi connectivity index (χ1) is 7.26. The molecule has 3 heteroatoms. The van der Waals surface area contributed by atoms with Gasteiger partial charge < -0.3 is 0 Å². The molecule has 0 heterocycles. The maximum atomic E-state index is 10.3. The highest BCUT2D eigenvalue weighted by atomic mass is 79.9. The third-order valence-corrected chi connectivity index (χ3v) is 4.19. The van der Waals surface area contributed by atoms with Crippen molar-refractivity contribution in [3.63, 3.8) is 0 Å². The maximum absolute atomic E-state index is 10.3. The van der Waals surface area contributed by atoms with Crippen LogP contribution < -0.4 is 0 Å². The minimum atomic E-state index is 0.177. The van der Waals surface area contributed by atoms with Gasteiger partial charge in [-0.05, 0) is 42.5 Å². The first-order valence-electron chi connectivity index (χ1n) is 5.12. The topological polar surface area (TPSA) is 29.4 Å². The number of carbonyl (C=O) groups excluding carboxylic acids is 1. The number of isocyanates is 1. The predicted octanol–water partition coefficient (Wildman–Crippen LogP) is 2.74. The molecule has 1 aromatic rings. The third-order valence-electron chi connectivity index (χ3n) is 3.69. The van der Waals surface area contributed by atoms with Crippen molar-refractivity contribution in [3.05, 3.63) is 33.8 Å². The molecule has 0 saturated heterocycles. The molecule has 2 aliphatic rings. The summed E-state index contributed by atoms with van der Waals surface area (Å²) in [6.07, 6.45) is 4.96. The maximum Gasteiger partial charge on any atom is 0.235 e. The number of hydrogen-bond acceptors (Lipinski definition) is 2. The van der Waals surface area contributed by atoms with Crippen LogP contribution in [0.2, 0.25) is 0 Å². The molecule has 1 aromatic carbocycles. The van der Waals surface area contributed by atoms with Crippen molar-refractivity contribution in [1.82, 2.24) is 0 Å². The predicted molar refractivity (Wildman–Crippen MR) is 60.7 cm³/mol. The average molecular weight is 264 g/mol. The Bertz CT molecular complexity index is 479. The molecule has 0 aromatic heterocycles. The van der Waals surface area contributed by atoms with Gasteiger partial charge in [-0.25, -0.2) is 9.79 Å². The number of aryl methyl sites for hydroxylation is 1. The summed E-state index contributed by atoms with van der Waals surface area (Å²) in [6, 6.07) is 6.63. The lowest BCUT2D eigenvalue weighted by Gasteiger charge is -2.08. The van der Waals surface area contributed by atoms with Crippen molar-refractivity contribution in [2.24, 2.45) is 4.99 Å². The van der Waals surface area contributed by atoms with E-state index in [0.717, 1.165) is 23.7 Å². The fourth-order valence-electron chi connectivity index (χ4n) is 2.80. The van der Waals surface area contributed by atoms with Crippen LogP contribution in [0.3, 0.4) is 0 Å². The molecule has 0 radical (unpaired) electrons. The van der Waals surface area contributed by atoms with Crippen LogP contribution >= 0.6 is 15.9 Å². The quantitative estimate of drug-likeness (QED) is 0.566.